The summed E-state index contributed by atoms with van der Waals surface area (Å²) >= 11 is 2.05. The lowest BCUT2D eigenvalue weighted by Gasteiger charge is -2.21. The Morgan fingerprint density at radius 1 is 1.44 bits per heavy atom. The normalized spacial score (nSPS) is 26.4. The van der Waals surface area contributed by atoms with Gasteiger partial charge in [-0.15, -0.1) is 24.0 Å². The Morgan fingerprint density at radius 2 is 2.36 bits per heavy atom. The van der Waals surface area contributed by atoms with Crippen LogP contribution < -0.4 is 10.6 Å². The van der Waals surface area contributed by atoms with Gasteiger partial charge in [0.2, 0.25) is 0 Å². The number of halogens is 1. The van der Waals surface area contributed by atoms with Gasteiger partial charge < -0.3 is 19.8 Å². The van der Waals surface area contributed by atoms with Crippen LogP contribution in [0.1, 0.15) is 31.9 Å². The molecule has 2 unspecified atom stereocenters. The van der Waals surface area contributed by atoms with Gasteiger partial charge in [0.15, 0.2) is 5.96 Å². The van der Waals surface area contributed by atoms with Gasteiger partial charge in [-0.3, -0.25) is 4.99 Å². The summed E-state index contributed by atoms with van der Waals surface area (Å²) in [5.41, 5.74) is 0. The number of thioether (sulfide) groups is 1. The van der Waals surface area contributed by atoms with Crippen molar-refractivity contribution in [2.45, 2.75) is 37.4 Å². The lowest BCUT2D eigenvalue weighted by molar-refractivity contribution is 0.186. The number of hydrogen-bond acceptors (Lipinski definition) is 4. The summed E-state index contributed by atoms with van der Waals surface area (Å²) in [5, 5.41) is 6.95. The zero-order chi connectivity index (χ0) is 16.7. The summed E-state index contributed by atoms with van der Waals surface area (Å²) in [6.07, 6.45) is 6.30. The fourth-order valence-electron chi connectivity index (χ4n) is 3.13. The topological polar surface area (TPSA) is 58.8 Å². The Morgan fingerprint density at radius 3 is 3.04 bits per heavy atom. The van der Waals surface area contributed by atoms with Crippen molar-refractivity contribution in [3.63, 3.8) is 0 Å². The second-order valence-corrected chi connectivity index (χ2v) is 8.62. The molecule has 0 radical (unpaired) electrons. The number of rotatable bonds is 7. The van der Waals surface area contributed by atoms with Gasteiger partial charge in [-0.2, -0.15) is 11.8 Å². The third-order valence-electron chi connectivity index (χ3n) is 4.70. The molecule has 0 amide bonds. The molecule has 2 saturated heterocycles. The van der Waals surface area contributed by atoms with Crippen molar-refractivity contribution in [1.82, 2.24) is 10.6 Å². The lowest BCUT2D eigenvalue weighted by Crippen LogP contribution is -2.41. The van der Waals surface area contributed by atoms with Crippen molar-refractivity contribution in [2.24, 2.45) is 10.9 Å². The molecule has 1 aromatic rings. The number of hydrogen-bond donors (Lipinski definition) is 2. The first-order valence-electron chi connectivity index (χ1n) is 9.00. The van der Waals surface area contributed by atoms with Crippen LogP contribution in [-0.2, 0) is 11.2 Å². The van der Waals surface area contributed by atoms with Crippen molar-refractivity contribution >= 4 is 41.7 Å². The molecule has 3 rings (SSSR count). The molecule has 2 aliphatic heterocycles. The smallest absolute Gasteiger partial charge is 0.191 e. The van der Waals surface area contributed by atoms with E-state index in [-0.39, 0.29) is 24.0 Å². The molecule has 2 N–H and O–H groups in total. The fraction of sp³-hybridized carbons (Fsp3) is 0.722. The van der Waals surface area contributed by atoms with E-state index in [0.717, 1.165) is 57.4 Å². The molecule has 3 heterocycles. The predicted octanol–water partition coefficient (Wildman–Crippen LogP) is 3.30. The van der Waals surface area contributed by atoms with Crippen LogP contribution in [0, 0.1) is 5.92 Å². The van der Waals surface area contributed by atoms with Gasteiger partial charge >= 0.3 is 0 Å². The minimum Gasteiger partial charge on any atom is -0.469 e. The molecule has 5 nitrogen and oxygen atoms in total. The van der Waals surface area contributed by atoms with E-state index in [9.17, 15) is 0 Å². The van der Waals surface area contributed by atoms with Crippen LogP contribution in [0.5, 0.6) is 0 Å². The predicted molar refractivity (Wildman–Crippen MR) is 115 cm³/mol. The summed E-state index contributed by atoms with van der Waals surface area (Å²) in [7, 11) is 0. The monoisotopic (exact) mass is 479 g/mol. The maximum absolute atomic E-state index is 5.46. The quantitative estimate of drug-likeness (QED) is 0.357. The zero-order valence-corrected chi connectivity index (χ0v) is 18.1. The molecule has 25 heavy (non-hydrogen) atoms. The molecule has 2 atom stereocenters. The summed E-state index contributed by atoms with van der Waals surface area (Å²) in [6.45, 7) is 6.70. The summed E-state index contributed by atoms with van der Waals surface area (Å²) < 4.78 is 11.2. The lowest BCUT2D eigenvalue weighted by atomic mass is 10.1. The maximum atomic E-state index is 5.46. The van der Waals surface area contributed by atoms with Crippen molar-refractivity contribution in [3.05, 3.63) is 24.2 Å². The molecule has 2 fully saturated rings. The third kappa shape index (κ3) is 7.02. The van der Waals surface area contributed by atoms with Gasteiger partial charge in [0.1, 0.15) is 5.76 Å². The number of aliphatic imine (C=N–C) groups is 1. The second kappa shape index (κ2) is 10.7. The Bertz CT molecular complexity index is 512. The van der Waals surface area contributed by atoms with E-state index in [0.29, 0.717) is 10.7 Å². The molecule has 0 aliphatic carbocycles. The van der Waals surface area contributed by atoms with Crippen molar-refractivity contribution in [2.75, 3.05) is 38.6 Å². The first-order chi connectivity index (χ1) is 11.7. The van der Waals surface area contributed by atoms with Crippen molar-refractivity contribution in [3.8, 4) is 0 Å². The Balaban J connectivity index is 0.00000225. The van der Waals surface area contributed by atoms with Crippen LogP contribution >= 0.6 is 35.7 Å². The van der Waals surface area contributed by atoms with Crippen molar-refractivity contribution in [1.29, 1.82) is 0 Å². The van der Waals surface area contributed by atoms with E-state index in [1.54, 1.807) is 6.26 Å². The maximum Gasteiger partial charge on any atom is 0.191 e. The van der Waals surface area contributed by atoms with Crippen LogP contribution in [0.15, 0.2) is 27.8 Å². The molecule has 7 heteroatoms. The molecule has 2 aliphatic rings. The van der Waals surface area contributed by atoms with Gasteiger partial charge in [-0.1, -0.05) is 0 Å². The molecule has 1 aromatic heterocycles. The highest BCUT2D eigenvalue weighted by Crippen LogP contribution is 2.37. The second-order valence-electron chi connectivity index (χ2n) is 6.93. The molecular weight excluding hydrogens is 449 g/mol. The standard InChI is InChI=1S/C18H29N3O2S.HI/c1-18(7-3-11-24-18)14-21-17(20-12-15-6-10-22-13-15)19-8-5-16-4-2-9-23-16;/h2,4,9,15H,3,5-8,10-14H2,1H3,(H2,19,20,21);1H. The van der Waals surface area contributed by atoms with Crippen molar-refractivity contribution < 1.29 is 9.15 Å². The van der Waals surface area contributed by atoms with E-state index >= 15 is 0 Å². The highest BCUT2D eigenvalue weighted by molar-refractivity contribution is 14.0. The van der Waals surface area contributed by atoms with Gasteiger partial charge in [0.05, 0.1) is 19.4 Å². The van der Waals surface area contributed by atoms with Crippen LogP contribution in [0.4, 0.5) is 0 Å². The van der Waals surface area contributed by atoms with Crippen LogP contribution in [-0.4, -0.2) is 49.3 Å². The average molecular weight is 479 g/mol. The van der Waals surface area contributed by atoms with Crippen LogP contribution in [0.3, 0.4) is 0 Å². The average Bonchev–Trinajstić information content (AvgIpc) is 3.32. The first kappa shape index (κ1) is 20.9. The Hall–Kier alpha value is -0.410. The Kier molecular flexibility index (Phi) is 8.92. The number of furan rings is 1. The zero-order valence-electron chi connectivity index (χ0n) is 15.0. The molecule has 142 valence electrons. The SMILES string of the molecule is CC1(CN=C(NCCc2ccco2)NCC2CCOC2)CCCS1.I. The van der Waals surface area contributed by atoms with E-state index < -0.39 is 0 Å². The summed E-state index contributed by atoms with van der Waals surface area (Å²) in [6, 6.07) is 3.94. The van der Waals surface area contributed by atoms with Gasteiger partial charge in [0, 0.05) is 36.8 Å². The fourth-order valence-corrected chi connectivity index (χ4v) is 4.35. The molecular formula is C18H30IN3O2S. The number of guanidine groups is 1. The van der Waals surface area contributed by atoms with E-state index in [1.807, 2.05) is 12.1 Å². The highest BCUT2D eigenvalue weighted by Gasteiger charge is 2.29. The molecule has 0 saturated carbocycles. The molecule has 0 aromatic carbocycles. The minimum absolute atomic E-state index is 0. The number of nitrogens with one attached hydrogen (secondary N) is 2. The van der Waals surface area contributed by atoms with Gasteiger partial charge in [0.25, 0.3) is 0 Å². The minimum atomic E-state index is 0. The first-order valence-corrected chi connectivity index (χ1v) is 9.98. The van der Waals surface area contributed by atoms with Crippen LogP contribution in [0.2, 0.25) is 0 Å². The van der Waals surface area contributed by atoms with Gasteiger partial charge in [-0.25, -0.2) is 0 Å². The summed E-state index contributed by atoms with van der Waals surface area (Å²) in [5.74, 6) is 3.78. The number of ether oxygens (including phenoxy) is 1. The largest absolute Gasteiger partial charge is 0.469 e. The van der Waals surface area contributed by atoms with Gasteiger partial charge in [-0.05, 0) is 44.1 Å². The third-order valence-corrected chi connectivity index (χ3v) is 6.22. The summed E-state index contributed by atoms with van der Waals surface area (Å²) in [4.78, 5) is 4.86. The van der Waals surface area contributed by atoms with E-state index in [4.69, 9.17) is 14.1 Å². The van der Waals surface area contributed by atoms with E-state index in [2.05, 4.69) is 29.3 Å². The van der Waals surface area contributed by atoms with Crippen LogP contribution in [0.25, 0.3) is 0 Å². The molecule has 0 bridgehead atoms. The van der Waals surface area contributed by atoms with E-state index in [1.165, 1.54) is 18.6 Å². The molecule has 0 spiro atoms. The Labute approximate surface area is 172 Å². The highest BCUT2D eigenvalue weighted by atomic mass is 127. The number of nitrogens with zero attached hydrogens (tertiary/aromatic N) is 1.